The van der Waals surface area contributed by atoms with Gasteiger partial charge in [-0.05, 0) is 16.0 Å². The highest BCUT2D eigenvalue weighted by molar-refractivity contribution is 7.20. The summed E-state index contributed by atoms with van der Waals surface area (Å²) in [5, 5.41) is 0.342. The Balaban J connectivity index is 0. The van der Waals surface area contributed by atoms with Crippen LogP contribution in [0.25, 0.3) is 0 Å². The van der Waals surface area contributed by atoms with Crippen LogP contribution in [0, 0.1) is 0 Å². The van der Waals surface area contributed by atoms with Crippen LogP contribution < -0.4 is 0 Å². The second-order valence-corrected chi connectivity index (χ2v) is 12.5. The molecule has 5 heteroatoms. The van der Waals surface area contributed by atoms with Crippen LogP contribution in [0.2, 0.25) is 18.1 Å². The summed E-state index contributed by atoms with van der Waals surface area (Å²) in [6, 6.07) is 0. The fourth-order valence-electron chi connectivity index (χ4n) is 0.546. The van der Waals surface area contributed by atoms with E-state index in [1.54, 1.807) is 12.4 Å². The average molecular weight is 291 g/mol. The second kappa shape index (κ2) is 7.90. The van der Waals surface area contributed by atoms with E-state index in [9.17, 15) is 0 Å². The molecule has 0 aliphatic rings. The third-order valence-electron chi connectivity index (χ3n) is 2.68. The zero-order valence-corrected chi connectivity index (χ0v) is 12.7. The molecule has 0 saturated heterocycles. The van der Waals surface area contributed by atoms with E-state index in [1.807, 2.05) is 6.08 Å². The van der Waals surface area contributed by atoms with Crippen molar-refractivity contribution in [1.29, 1.82) is 0 Å². The van der Waals surface area contributed by atoms with Crippen LogP contribution in [-0.2, 0) is 6.42 Å². The van der Waals surface area contributed by atoms with Gasteiger partial charge in [-0.3, -0.25) is 0 Å². The Kier molecular flexibility index (Phi) is 8.84. The molecule has 0 atom stereocenters. The summed E-state index contributed by atoms with van der Waals surface area (Å²) in [4.78, 5) is 6.93. The normalized spacial score (nSPS) is 10.9. The molecule has 1 aromatic rings. The second-order valence-electron chi connectivity index (χ2n) is 5.25. The first-order valence-corrected chi connectivity index (χ1v) is 9.47. The van der Waals surface area contributed by atoms with Gasteiger partial charge in [-0.1, -0.05) is 39.9 Å². The number of hydrogen-bond acceptors (Lipinski definition) is 1. The number of aromatic amines is 1. The van der Waals surface area contributed by atoms with E-state index in [2.05, 4.69) is 50.4 Å². The first-order chi connectivity index (χ1) is 7.18. The molecule has 0 unspecified atom stereocenters. The van der Waals surface area contributed by atoms with Crippen molar-refractivity contribution in [2.24, 2.45) is 0 Å². The van der Waals surface area contributed by atoms with E-state index in [4.69, 9.17) is 11.1 Å². The summed E-state index contributed by atoms with van der Waals surface area (Å²) in [6.07, 6.45) is 6.18. The number of nitrogens with one attached hydrogen (secondary N) is 1. The van der Waals surface area contributed by atoms with Crippen LogP contribution in [0.4, 0.5) is 0 Å². The highest BCUT2D eigenvalue weighted by atomic mass is 35.6. The lowest BCUT2D eigenvalue weighted by Gasteiger charge is -2.29. The molecule has 0 spiro atoms. The molecule has 1 heterocycles. The lowest BCUT2D eigenvalue weighted by atomic mass is 10.2. The molecule has 0 fully saturated rings. The summed E-state index contributed by atoms with van der Waals surface area (Å²) < 4.78 is 0. The smallest absolute Gasteiger partial charge is 0.155 e. The Morgan fingerprint density at radius 1 is 1.47 bits per heavy atom. The van der Waals surface area contributed by atoms with Crippen molar-refractivity contribution in [3.63, 3.8) is 0 Å². The van der Waals surface area contributed by atoms with E-state index in [1.165, 1.54) is 0 Å². The van der Waals surface area contributed by atoms with Crippen molar-refractivity contribution in [2.45, 2.75) is 45.3 Å². The van der Waals surface area contributed by atoms with Gasteiger partial charge < -0.3 is 4.98 Å². The van der Waals surface area contributed by atoms with Crippen LogP contribution in [-0.4, -0.2) is 28.3 Å². The quantitative estimate of drug-likeness (QED) is 0.506. The zero-order valence-electron chi connectivity index (χ0n) is 11.0. The number of aromatic nitrogens is 2. The van der Waals surface area contributed by atoms with Gasteiger partial charge in [-0.25, -0.2) is 4.98 Å². The number of imidazole rings is 1. The van der Waals surface area contributed by atoms with Crippen LogP contribution >= 0.6 is 11.1 Å². The molecule has 0 radical (unpaired) electrons. The highest BCUT2D eigenvalue weighted by Gasteiger charge is 2.32. The third kappa shape index (κ3) is 8.40. The van der Waals surface area contributed by atoms with E-state index >= 15 is 0 Å². The number of H-pyrrole nitrogens is 1. The summed E-state index contributed by atoms with van der Waals surface area (Å²) in [7, 11) is -1.39. The number of rotatable bonds is 2. The predicted octanol–water partition coefficient (Wildman–Crippen LogP) is 2.92. The van der Waals surface area contributed by atoms with E-state index < -0.39 is 7.38 Å². The molecular formula is C12H27ClN2Si2. The SMILES string of the molecule is C=CCc1ncc[nH]1.CC(C)(C)[Si](C)(C)Cl.[SiH4]. The molecule has 100 valence electrons. The standard InChI is InChI=1S/C6H15ClSi.C6H8N2.H4Si/c1-6(2,3)8(4,5)7;1-2-3-6-7-4-5-8-6;/h1-5H3;2,4-5H,1,3H2,(H,7,8);1H4. The molecule has 1 rings (SSSR count). The predicted molar refractivity (Wildman–Crippen MR) is 86.9 cm³/mol. The Bertz CT molecular complexity index is 285. The first kappa shape index (κ1) is 19.0. The fraction of sp³-hybridized carbons (Fsp3) is 0.583. The van der Waals surface area contributed by atoms with Gasteiger partial charge in [0.15, 0.2) is 7.38 Å². The van der Waals surface area contributed by atoms with Crippen molar-refractivity contribution in [2.75, 3.05) is 0 Å². The van der Waals surface area contributed by atoms with Crippen molar-refractivity contribution in [3.8, 4) is 0 Å². The molecule has 2 nitrogen and oxygen atoms in total. The van der Waals surface area contributed by atoms with Crippen LogP contribution in [0.15, 0.2) is 25.0 Å². The molecule has 1 aromatic heterocycles. The Hall–Kier alpha value is -0.326. The Morgan fingerprint density at radius 3 is 2.18 bits per heavy atom. The molecule has 0 aliphatic carbocycles. The lowest BCUT2D eigenvalue weighted by molar-refractivity contribution is 0.735. The molecule has 1 N–H and O–H groups in total. The molecule has 0 bridgehead atoms. The van der Waals surface area contributed by atoms with Gasteiger partial charge in [-0.2, -0.15) is 11.1 Å². The summed E-state index contributed by atoms with van der Waals surface area (Å²) in [5.41, 5.74) is 0. The topological polar surface area (TPSA) is 28.7 Å². The molecule has 0 amide bonds. The maximum absolute atomic E-state index is 6.15. The third-order valence-corrected chi connectivity index (χ3v) is 7.94. The van der Waals surface area contributed by atoms with Gasteiger partial charge in [-0.15, -0.1) is 6.58 Å². The summed E-state index contributed by atoms with van der Waals surface area (Å²) in [5.74, 6) is 0.972. The van der Waals surface area contributed by atoms with Gasteiger partial charge >= 0.3 is 0 Å². The maximum Gasteiger partial charge on any atom is 0.155 e. The summed E-state index contributed by atoms with van der Waals surface area (Å²) >= 11 is 6.15. The van der Waals surface area contributed by atoms with Crippen LogP contribution in [0.3, 0.4) is 0 Å². The van der Waals surface area contributed by atoms with Crippen LogP contribution in [0.1, 0.15) is 26.6 Å². The number of hydrogen-bond donors (Lipinski definition) is 1. The molecule has 17 heavy (non-hydrogen) atoms. The van der Waals surface area contributed by atoms with Crippen molar-refractivity contribution < 1.29 is 0 Å². The van der Waals surface area contributed by atoms with E-state index in [-0.39, 0.29) is 11.0 Å². The Morgan fingerprint density at radius 2 is 1.94 bits per heavy atom. The van der Waals surface area contributed by atoms with Gasteiger partial charge in [0.05, 0.1) is 0 Å². The minimum atomic E-state index is -1.39. The van der Waals surface area contributed by atoms with Crippen molar-refractivity contribution in [1.82, 2.24) is 9.97 Å². The molecule has 0 aliphatic heterocycles. The lowest BCUT2D eigenvalue weighted by Crippen LogP contribution is -2.29. The minimum absolute atomic E-state index is 0. The number of nitrogens with zero attached hydrogens (tertiary/aromatic N) is 1. The molecular weight excluding hydrogens is 264 g/mol. The Labute approximate surface area is 116 Å². The van der Waals surface area contributed by atoms with Gasteiger partial charge in [0.2, 0.25) is 0 Å². The van der Waals surface area contributed by atoms with Gasteiger partial charge in [0, 0.05) is 18.8 Å². The van der Waals surface area contributed by atoms with Gasteiger partial charge in [0.25, 0.3) is 0 Å². The van der Waals surface area contributed by atoms with Crippen molar-refractivity contribution in [3.05, 3.63) is 30.9 Å². The molecule has 0 saturated carbocycles. The van der Waals surface area contributed by atoms with Gasteiger partial charge in [0.1, 0.15) is 5.82 Å². The maximum atomic E-state index is 6.15. The minimum Gasteiger partial charge on any atom is -0.348 e. The average Bonchev–Trinajstić information content (AvgIpc) is 2.54. The zero-order chi connectivity index (χ0) is 12.8. The first-order valence-electron chi connectivity index (χ1n) is 5.46. The largest absolute Gasteiger partial charge is 0.348 e. The number of allylic oxidation sites excluding steroid dienone is 1. The highest BCUT2D eigenvalue weighted by Crippen LogP contribution is 2.38. The number of halogens is 1. The van der Waals surface area contributed by atoms with E-state index in [0.717, 1.165) is 12.2 Å². The molecule has 0 aromatic carbocycles. The van der Waals surface area contributed by atoms with E-state index in [0.29, 0.717) is 5.04 Å². The van der Waals surface area contributed by atoms with Crippen LogP contribution in [0.5, 0.6) is 0 Å². The monoisotopic (exact) mass is 290 g/mol. The fourth-order valence-corrected chi connectivity index (χ4v) is 0.546. The summed E-state index contributed by atoms with van der Waals surface area (Å²) in [6.45, 7) is 14.5. The van der Waals surface area contributed by atoms with Crippen molar-refractivity contribution >= 4 is 29.4 Å².